The van der Waals surface area contributed by atoms with Crippen LogP contribution in [0.5, 0.6) is 0 Å². The van der Waals surface area contributed by atoms with E-state index in [0.717, 1.165) is 20.9 Å². The minimum Gasteiger partial charge on any atom is -0.396 e. The molecule has 1 atom stereocenters. The van der Waals surface area contributed by atoms with Crippen LogP contribution < -0.4 is 10.6 Å². The highest BCUT2D eigenvalue weighted by atomic mass is 79.9. The van der Waals surface area contributed by atoms with Gasteiger partial charge in [0.15, 0.2) is 0 Å². The molecule has 0 spiro atoms. The van der Waals surface area contributed by atoms with Gasteiger partial charge in [0, 0.05) is 40.7 Å². The van der Waals surface area contributed by atoms with E-state index in [9.17, 15) is 24.3 Å². The van der Waals surface area contributed by atoms with Gasteiger partial charge in [-0.25, -0.2) is 0 Å². The molecule has 0 saturated carbocycles. The van der Waals surface area contributed by atoms with Crippen molar-refractivity contribution in [2.75, 3.05) is 11.9 Å². The average Bonchev–Trinajstić information content (AvgIpc) is 3.36. The summed E-state index contributed by atoms with van der Waals surface area (Å²) in [4.78, 5) is 54.5. The van der Waals surface area contributed by atoms with E-state index in [1.807, 2.05) is 18.2 Å². The Kier molecular flexibility index (Phi) is 6.16. The second-order valence-corrected chi connectivity index (χ2v) is 9.55. The van der Waals surface area contributed by atoms with Crippen LogP contribution in [-0.2, 0) is 22.6 Å². The first kappa shape index (κ1) is 23.3. The zero-order chi connectivity index (χ0) is 24.7. The van der Waals surface area contributed by atoms with Crippen LogP contribution in [-0.4, -0.2) is 51.3 Å². The summed E-state index contributed by atoms with van der Waals surface area (Å²) in [5, 5.41) is 15.4. The highest BCUT2D eigenvalue weighted by Gasteiger charge is 2.39. The summed E-state index contributed by atoms with van der Waals surface area (Å²) < 4.78 is 0.837. The lowest BCUT2D eigenvalue weighted by atomic mass is 10.0. The van der Waals surface area contributed by atoms with Crippen LogP contribution in [0.2, 0.25) is 0 Å². The Morgan fingerprint density at radius 3 is 2.80 bits per heavy atom. The SMILES string of the molecule is O=C1CCC(N2Cc3cc(NC(=O)c4[nH]c5c(Br)cccc5c4CCCO)ccc3C2=O)C(=O)N1. The second kappa shape index (κ2) is 9.27. The minimum absolute atomic E-state index is 0.0181. The van der Waals surface area contributed by atoms with Crippen molar-refractivity contribution < 1.29 is 24.3 Å². The van der Waals surface area contributed by atoms with Crippen LogP contribution >= 0.6 is 15.9 Å². The normalized spacial score (nSPS) is 17.6. The number of carbonyl (C=O) groups excluding carboxylic acids is 4. The van der Waals surface area contributed by atoms with Crippen LogP contribution in [0.3, 0.4) is 0 Å². The molecule has 1 unspecified atom stereocenters. The molecule has 4 N–H and O–H groups in total. The predicted molar refractivity (Wildman–Crippen MR) is 132 cm³/mol. The van der Waals surface area contributed by atoms with E-state index in [0.29, 0.717) is 41.8 Å². The third-order valence-electron chi connectivity index (χ3n) is 6.48. The monoisotopic (exact) mass is 538 g/mol. The highest BCUT2D eigenvalue weighted by Crippen LogP contribution is 2.32. The van der Waals surface area contributed by atoms with Gasteiger partial charge in [-0.1, -0.05) is 12.1 Å². The number of para-hydroxylation sites is 1. The summed E-state index contributed by atoms with van der Waals surface area (Å²) in [6.45, 7) is 0.246. The second-order valence-electron chi connectivity index (χ2n) is 8.69. The topological polar surface area (TPSA) is 132 Å². The number of hydrogen-bond acceptors (Lipinski definition) is 5. The number of aryl methyl sites for hydroxylation is 1. The third-order valence-corrected chi connectivity index (χ3v) is 7.14. The number of aliphatic hydroxyl groups is 1. The first-order chi connectivity index (χ1) is 16.9. The maximum atomic E-state index is 13.2. The lowest BCUT2D eigenvalue weighted by Gasteiger charge is -2.29. The molecule has 9 nitrogen and oxygen atoms in total. The van der Waals surface area contributed by atoms with E-state index in [-0.39, 0.29) is 37.3 Å². The number of aromatic amines is 1. The minimum atomic E-state index is -0.690. The first-order valence-corrected chi connectivity index (χ1v) is 12.2. The predicted octanol–water partition coefficient (Wildman–Crippen LogP) is 2.87. The molecule has 4 amide bonds. The fourth-order valence-electron chi connectivity index (χ4n) is 4.79. The number of benzene rings is 2. The van der Waals surface area contributed by atoms with Gasteiger partial charge in [0.05, 0.1) is 5.52 Å². The van der Waals surface area contributed by atoms with Crippen LogP contribution in [0.15, 0.2) is 40.9 Å². The van der Waals surface area contributed by atoms with Crippen molar-refractivity contribution in [1.29, 1.82) is 0 Å². The van der Waals surface area contributed by atoms with E-state index >= 15 is 0 Å². The van der Waals surface area contributed by atoms with Crippen molar-refractivity contribution in [3.8, 4) is 0 Å². The molecule has 0 aliphatic carbocycles. The molecular weight excluding hydrogens is 516 g/mol. The van der Waals surface area contributed by atoms with E-state index in [1.54, 1.807) is 18.2 Å². The number of aliphatic hydroxyl groups excluding tert-OH is 1. The van der Waals surface area contributed by atoms with Crippen molar-refractivity contribution >= 4 is 56.1 Å². The molecule has 180 valence electrons. The maximum Gasteiger partial charge on any atom is 0.272 e. The smallest absolute Gasteiger partial charge is 0.272 e. The number of hydrogen-bond donors (Lipinski definition) is 4. The molecule has 2 aliphatic heterocycles. The summed E-state index contributed by atoms with van der Waals surface area (Å²) in [5.41, 5.74) is 3.76. The van der Waals surface area contributed by atoms with Gasteiger partial charge in [0.25, 0.3) is 11.8 Å². The van der Waals surface area contributed by atoms with Crippen LogP contribution in [0.4, 0.5) is 5.69 Å². The number of amides is 4. The van der Waals surface area contributed by atoms with Gasteiger partial charge >= 0.3 is 0 Å². The van der Waals surface area contributed by atoms with Crippen molar-refractivity contribution in [3.63, 3.8) is 0 Å². The number of nitrogens with zero attached hydrogens (tertiary/aromatic N) is 1. The van der Waals surface area contributed by atoms with Gasteiger partial charge < -0.3 is 20.3 Å². The highest BCUT2D eigenvalue weighted by molar-refractivity contribution is 9.10. The van der Waals surface area contributed by atoms with Crippen molar-refractivity contribution in [1.82, 2.24) is 15.2 Å². The Hall–Kier alpha value is -3.50. The average molecular weight is 539 g/mol. The molecular formula is C25H23BrN4O5. The zero-order valence-electron chi connectivity index (χ0n) is 18.7. The van der Waals surface area contributed by atoms with Gasteiger partial charge in [-0.15, -0.1) is 0 Å². The number of fused-ring (bicyclic) bond motifs is 2. The molecule has 3 heterocycles. The summed E-state index contributed by atoms with van der Waals surface area (Å²) in [5.74, 6) is -1.38. The quantitative estimate of drug-likeness (QED) is 0.358. The van der Waals surface area contributed by atoms with Gasteiger partial charge in [-0.05, 0) is 70.6 Å². The molecule has 1 aromatic heterocycles. The van der Waals surface area contributed by atoms with Crippen LogP contribution in [0.1, 0.15) is 51.2 Å². The van der Waals surface area contributed by atoms with Gasteiger partial charge in [0.2, 0.25) is 11.8 Å². The molecule has 3 aromatic rings. The van der Waals surface area contributed by atoms with Crippen molar-refractivity contribution in [2.45, 2.75) is 38.3 Å². The summed E-state index contributed by atoms with van der Waals surface area (Å²) in [6.07, 6.45) is 1.55. The van der Waals surface area contributed by atoms with Crippen molar-refractivity contribution in [2.24, 2.45) is 0 Å². The Labute approximate surface area is 209 Å². The zero-order valence-corrected chi connectivity index (χ0v) is 20.3. The molecule has 0 radical (unpaired) electrons. The van der Waals surface area contributed by atoms with E-state index in [4.69, 9.17) is 0 Å². The van der Waals surface area contributed by atoms with Gasteiger partial charge in [0.1, 0.15) is 11.7 Å². The number of aromatic nitrogens is 1. The molecule has 5 rings (SSSR count). The van der Waals surface area contributed by atoms with E-state index in [1.165, 1.54) is 4.90 Å². The van der Waals surface area contributed by atoms with E-state index in [2.05, 4.69) is 31.5 Å². The number of imide groups is 1. The number of piperidine rings is 1. The standard InChI is InChI=1S/C25H23BrN4O5/c26-18-5-1-3-16-17(4-2-10-31)22(29-21(16)18)24(34)27-14-6-7-15-13(11-14)12-30(25(15)35)19-8-9-20(32)28-23(19)33/h1,3,5-7,11,19,29,31H,2,4,8-10,12H2,(H,27,34)(H,28,32,33). The Balaban J connectivity index is 1.39. The summed E-state index contributed by atoms with van der Waals surface area (Å²) in [7, 11) is 0. The molecule has 1 fully saturated rings. The molecule has 2 aromatic carbocycles. The Morgan fingerprint density at radius 1 is 1.20 bits per heavy atom. The molecule has 2 aliphatic rings. The molecule has 0 bridgehead atoms. The van der Waals surface area contributed by atoms with Crippen LogP contribution in [0.25, 0.3) is 10.9 Å². The Bertz CT molecular complexity index is 1380. The largest absolute Gasteiger partial charge is 0.396 e. The number of rotatable bonds is 6. The number of nitrogens with one attached hydrogen (secondary N) is 3. The summed E-state index contributed by atoms with van der Waals surface area (Å²) >= 11 is 3.52. The van der Waals surface area contributed by atoms with Crippen LogP contribution in [0, 0.1) is 0 Å². The number of H-pyrrole nitrogens is 1. The number of halogens is 1. The van der Waals surface area contributed by atoms with Crippen molar-refractivity contribution in [3.05, 3.63) is 63.3 Å². The van der Waals surface area contributed by atoms with Gasteiger partial charge in [-0.3, -0.25) is 24.5 Å². The lowest BCUT2D eigenvalue weighted by molar-refractivity contribution is -0.136. The molecule has 1 saturated heterocycles. The number of anilines is 1. The van der Waals surface area contributed by atoms with Gasteiger partial charge in [-0.2, -0.15) is 0 Å². The third kappa shape index (κ3) is 4.23. The van der Waals surface area contributed by atoms with E-state index < -0.39 is 11.9 Å². The fourth-order valence-corrected chi connectivity index (χ4v) is 5.26. The fraction of sp³-hybridized carbons (Fsp3) is 0.280. The maximum absolute atomic E-state index is 13.2. The summed E-state index contributed by atoms with van der Waals surface area (Å²) in [6, 6.07) is 10.1. The Morgan fingerprint density at radius 2 is 2.03 bits per heavy atom. The number of carbonyl (C=O) groups is 4. The lowest BCUT2D eigenvalue weighted by Crippen LogP contribution is -2.52. The first-order valence-electron chi connectivity index (χ1n) is 11.4. The molecule has 35 heavy (non-hydrogen) atoms. The molecule has 10 heteroatoms.